The third-order valence-corrected chi connectivity index (χ3v) is 6.67. The fourth-order valence-corrected chi connectivity index (χ4v) is 4.94. The van der Waals surface area contributed by atoms with Crippen molar-refractivity contribution in [3.05, 3.63) is 64.7 Å². The molecule has 0 unspecified atom stereocenters. The second-order valence-corrected chi connectivity index (χ2v) is 12.8. The van der Waals surface area contributed by atoms with Crippen LogP contribution >= 0.6 is 11.6 Å². The van der Waals surface area contributed by atoms with Gasteiger partial charge in [-0.15, -0.1) is 0 Å². The number of aromatic nitrogens is 3. The highest BCUT2D eigenvalue weighted by molar-refractivity contribution is 6.30. The predicted octanol–water partition coefficient (Wildman–Crippen LogP) is 5.15. The molecular weight excluding hydrogens is 571 g/mol. The van der Waals surface area contributed by atoms with Crippen molar-refractivity contribution in [1.29, 1.82) is 0 Å². The quantitative estimate of drug-likeness (QED) is 0.167. The van der Waals surface area contributed by atoms with Gasteiger partial charge in [-0.1, -0.05) is 49.7 Å². The zero-order valence-electron chi connectivity index (χ0n) is 24.2. The van der Waals surface area contributed by atoms with Crippen molar-refractivity contribution >= 4 is 35.1 Å². The van der Waals surface area contributed by atoms with Crippen molar-refractivity contribution in [2.75, 3.05) is 51.5 Å². The van der Waals surface area contributed by atoms with E-state index in [2.05, 4.69) is 65.6 Å². The lowest BCUT2D eigenvalue weighted by Gasteiger charge is -2.33. The summed E-state index contributed by atoms with van der Waals surface area (Å²) in [6.45, 7) is 3.84. The molecule has 1 aliphatic carbocycles. The van der Waals surface area contributed by atoms with Crippen LogP contribution in [0, 0.1) is 5.41 Å². The fraction of sp³-hybridized carbons (Fsp3) is 0.448. The zero-order valence-corrected chi connectivity index (χ0v) is 25.0. The first-order valence-electron chi connectivity index (χ1n) is 13.4. The Morgan fingerprint density at radius 1 is 1.00 bits per heavy atom. The van der Waals surface area contributed by atoms with Crippen LogP contribution in [-0.4, -0.2) is 72.3 Å². The van der Waals surface area contributed by atoms with E-state index >= 15 is 0 Å². The van der Waals surface area contributed by atoms with Gasteiger partial charge in [0, 0.05) is 22.7 Å². The molecule has 13 heteroatoms. The summed E-state index contributed by atoms with van der Waals surface area (Å²) in [6, 6.07) is 13.3. The number of aliphatic imine (C=N–C) groups is 1. The Kier molecular flexibility index (Phi) is 8.89. The second kappa shape index (κ2) is 11.9. The number of halogens is 4. The molecule has 1 saturated carbocycles. The number of benzene rings is 2. The standard InChI is InChI=1S/C29H35ClF3N7O2/c1-27(2,17-40(3,4)5)16-34-23(41)19-6-12-22(13-7-19)35-24-36-25(38-26(37-24)42-18-29(31,32)33)39-28(14-15-28)20-8-10-21(30)11-9-20/h6-13H,14-18H2,1-5H3,(H2-,34,35,36,37,38,39,41). The van der Waals surface area contributed by atoms with E-state index < -0.39 is 24.3 Å². The van der Waals surface area contributed by atoms with Gasteiger partial charge in [0.25, 0.3) is 0 Å². The summed E-state index contributed by atoms with van der Waals surface area (Å²) in [7, 11) is 6.28. The minimum atomic E-state index is -4.57. The van der Waals surface area contributed by atoms with Gasteiger partial charge in [-0.3, -0.25) is 4.99 Å². The maximum Gasteiger partial charge on any atom is 0.422 e. The van der Waals surface area contributed by atoms with Crippen molar-refractivity contribution in [3.8, 4) is 6.01 Å². The van der Waals surface area contributed by atoms with Crippen LogP contribution in [-0.2, 0) is 5.54 Å². The maximum atomic E-state index is 12.8. The fourth-order valence-electron chi connectivity index (χ4n) is 4.81. The molecular formula is C29H35ClF3N7O2. The molecule has 0 saturated heterocycles. The first-order chi connectivity index (χ1) is 19.5. The molecule has 226 valence electrons. The van der Waals surface area contributed by atoms with Crippen LogP contribution in [0.15, 0.2) is 53.5 Å². The molecule has 0 radical (unpaired) electrons. The number of hydrogen-bond donors (Lipinski definition) is 2. The van der Waals surface area contributed by atoms with Crippen LogP contribution < -0.4 is 20.5 Å². The van der Waals surface area contributed by atoms with Crippen LogP contribution in [0.3, 0.4) is 0 Å². The topological polar surface area (TPSA) is 107 Å². The summed E-state index contributed by atoms with van der Waals surface area (Å²) in [5, 5.41) is 19.5. The van der Waals surface area contributed by atoms with E-state index in [0.717, 1.165) is 29.4 Å². The monoisotopic (exact) mass is 605 g/mol. The highest BCUT2D eigenvalue weighted by atomic mass is 35.5. The number of ether oxygens (including phenoxy) is 1. The lowest BCUT2D eigenvalue weighted by Crippen LogP contribution is -2.44. The van der Waals surface area contributed by atoms with Gasteiger partial charge < -0.3 is 25.0 Å². The minimum absolute atomic E-state index is 0.0256. The summed E-state index contributed by atoms with van der Waals surface area (Å²) < 4.78 is 44.1. The highest BCUT2D eigenvalue weighted by Crippen LogP contribution is 2.48. The molecule has 1 heterocycles. The van der Waals surface area contributed by atoms with Gasteiger partial charge in [0.15, 0.2) is 6.61 Å². The molecule has 2 N–H and O–H groups in total. The summed E-state index contributed by atoms with van der Waals surface area (Å²) in [6.07, 6.45) is -3.02. The molecule has 1 aromatic heterocycles. The van der Waals surface area contributed by atoms with E-state index in [1.165, 1.54) is 0 Å². The van der Waals surface area contributed by atoms with Crippen molar-refractivity contribution in [1.82, 2.24) is 15.0 Å². The zero-order chi connectivity index (χ0) is 30.8. The molecule has 4 rings (SSSR count). The second-order valence-electron chi connectivity index (χ2n) is 12.3. The minimum Gasteiger partial charge on any atom is -0.858 e. The van der Waals surface area contributed by atoms with Gasteiger partial charge >= 0.3 is 12.2 Å². The smallest absolute Gasteiger partial charge is 0.422 e. The Labute approximate surface area is 248 Å². The molecule has 0 atom stereocenters. The third-order valence-electron chi connectivity index (χ3n) is 6.42. The highest BCUT2D eigenvalue weighted by Gasteiger charge is 2.45. The first kappa shape index (κ1) is 31.3. The van der Waals surface area contributed by atoms with Gasteiger partial charge in [-0.2, -0.15) is 28.1 Å². The molecule has 1 aliphatic rings. The van der Waals surface area contributed by atoms with E-state index in [0.29, 0.717) is 22.8 Å². The lowest BCUT2D eigenvalue weighted by atomic mass is 9.92. The molecule has 1 fully saturated rings. The Morgan fingerprint density at radius 2 is 1.62 bits per heavy atom. The van der Waals surface area contributed by atoms with Crippen molar-refractivity contribution in [3.63, 3.8) is 0 Å². The van der Waals surface area contributed by atoms with Crippen LogP contribution in [0.1, 0.15) is 37.8 Å². The molecule has 9 nitrogen and oxygen atoms in total. The Morgan fingerprint density at radius 3 is 2.19 bits per heavy atom. The van der Waals surface area contributed by atoms with Gasteiger partial charge in [0.05, 0.1) is 33.2 Å². The van der Waals surface area contributed by atoms with Crippen molar-refractivity contribution in [2.45, 2.75) is 38.4 Å². The van der Waals surface area contributed by atoms with Gasteiger partial charge in [-0.25, -0.2) is 0 Å². The van der Waals surface area contributed by atoms with E-state index in [1.807, 2.05) is 12.1 Å². The SMILES string of the molecule is CC(C)(CN=C([O-])c1ccc(Nc2nc(NC3(c4ccc(Cl)cc4)CC3)nc(OCC(F)(F)F)n2)cc1)C[N+](C)(C)C. The number of anilines is 3. The van der Waals surface area contributed by atoms with E-state index in [4.69, 9.17) is 16.3 Å². The summed E-state index contributed by atoms with van der Waals surface area (Å²) in [4.78, 5) is 16.7. The number of nitrogens with zero attached hydrogens (tertiary/aromatic N) is 5. The van der Waals surface area contributed by atoms with Gasteiger partial charge in [0.1, 0.15) is 0 Å². The molecule has 0 spiro atoms. The number of nitrogens with one attached hydrogen (secondary N) is 2. The average Bonchev–Trinajstić information content (AvgIpc) is 3.65. The van der Waals surface area contributed by atoms with E-state index in [-0.39, 0.29) is 23.2 Å². The Hall–Kier alpha value is -3.64. The van der Waals surface area contributed by atoms with Crippen LogP contribution in [0.4, 0.5) is 30.8 Å². The third kappa shape index (κ3) is 9.18. The molecule has 0 aliphatic heterocycles. The summed E-state index contributed by atoms with van der Waals surface area (Å²) in [5.41, 5.74) is 1.24. The molecule has 42 heavy (non-hydrogen) atoms. The van der Waals surface area contributed by atoms with E-state index in [1.54, 1.807) is 36.4 Å². The maximum absolute atomic E-state index is 12.8. The average molecular weight is 606 g/mol. The van der Waals surface area contributed by atoms with Gasteiger partial charge in [-0.05, 0) is 54.1 Å². The predicted molar refractivity (Wildman–Crippen MR) is 155 cm³/mol. The van der Waals surface area contributed by atoms with Crippen molar-refractivity contribution < 1.29 is 27.5 Å². The number of hydrogen-bond acceptors (Lipinski definition) is 8. The normalized spacial score (nSPS) is 15.3. The first-order valence-corrected chi connectivity index (χ1v) is 13.8. The van der Waals surface area contributed by atoms with Crippen LogP contribution in [0.25, 0.3) is 0 Å². The van der Waals surface area contributed by atoms with Crippen molar-refractivity contribution in [2.24, 2.45) is 10.4 Å². The van der Waals surface area contributed by atoms with E-state index in [9.17, 15) is 18.3 Å². The van der Waals surface area contributed by atoms with Crippen LogP contribution in [0.2, 0.25) is 5.02 Å². The Balaban J connectivity index is 1.51. The van der Waals surface area contributed by atoms with Gasteiger partial charge in [0.2, 0.25) is 11.9 Å². The molecule has 0 bridgehead atoms. The number of alkyl halides is 3. The summed E-state index contributed by atoms with van der Waals surface area (Å²) >= 11 is 6.02. The molecule has 2 aromatic carbocycles. The summed E-state index contributed by atoms with van der Waals surface area (Å²) in [5.74, 6) is -0.302. The molecule has 3 aromatic rings. The molecule has 0 amide bonds. The largest absolute Gasteiger partial charge is 0.858 e. The van der Waals surface area contributed by atoms with Crippen LogP contribution in [0.5, 0.6) is 6.01 Å². The number of rotatable bonds is 12. The Bertz CT molecular complexity index is 1400. The lowest BCUT2D eigenvalue weighted by molar-refractivity contribution is -0.876. The number of quaternary nitrogens is 1.